The number of rotatable bonds is 11. The third-order valence-electron chi connectivity index (χ3n) is 9.34. The number of aliphatic hydroxyl groups is 1. The molecule has 5 aromatic rings. The molecule has 0 saturated carbocycles. The van der Waals surface area contributed by atoms with Crippen LogP contribution in [0, 0.1) is 0 Å². The van der Waals surface area contributed by atoms with Gasteiger partial charge in [-0.05, 0) is 0 Å². The molecule has 1 atom stereocenters. The fourth-order valence-electron chi connectivity index (χ4n) is 7.22. The molecular formula is C41H46O2SiSn. The Morgan fingerprint density at radius 3 is 1.24 bits per heavy atom. The molecule has 0 aromatic heterocycles. The van der Waals surface area contributed by atoms with E-state index in [1.807, 2.05) is 0 Å². The summed E-state index contributed by atoms with van der Waals surface area (Å²) in [5.74, 6) is 0. The van der Waals surface area contributed by atoms with Crippen molar-refractivity contribution in [3.8, 4) is 0 Å². The Labute approximate surface area is 275 Å². The molecular weight excluding hydrogens is 671 g/mol. The van der Waals surface area contributed by atoms with Gasteiger partial charge in [-0.25, -0.2) is 0 Å². The summed E-state index contributed by atoms with van der Waals surface area (Å²) in [5, 5.41) is 15.4. The summed E-state index contributed by atoms with van der Waals surface area (Å²) in [5.41, 5.74) is -1.20. The van der Waals surface area contributed by atoms with Gasteiger partial charge in [0.05, 0.1) is 0 Å². The summed E-state index contributed by atoms with van der Waals surface area (Å²) in [6.45, 7) is 11.3. The van der Waals surface area contributed by atoms with Crippen LogP contribution in [0.15, 0.2) is 161 Å². The predicted molar refractivity (Wildman–Crippen MR) is 197 cm³/mol. The third-order valence-corrected chi connectivity index (χ3v) is 29.1. The Bertz CT molecular complexity index is 1530. The van der Waals surface area contributed by atoms with E-state index in [1.54, 1.807) is 0 Å². The van der Waals surface area contributed by atoms with Crippen molar-refractivity contribution >= 4 is 47.8 Å². The normalized spacial score (nSPS) is 14.1. The molecule has 0 radical (unpaired) electrons. The second kappa shape index (κ2) is 14.0. The van der Waals surface area contributed by atoms with Gasteiger partial charge in [-0.3, -0.25) is 0 Å². The van der Waals surface area contributed by atoms with Gasteiger partial charge in [-0.2, -0.15) is 0 Å². The van der Waals surface area contributed by atoms with Crippen molar-refractivity contribution < 1.29 is 9.53 Å². The first-order valence-corrected chi connectivity index (χ1v) is 23.7. The molecule has 2 nitrogen and oxygen atoms in total. The van der Waals surface area contributed by atoms with Crippen molar-refractivity contribution in [2.75, 3.05) is 6.61 Å². The van der Waals surface area contributed by atoms with Crippen molar-refractivity contribution in [3.63, 3.8) is 0 Å². The van der Waals surface area contributed by atoms with Gasteiger partial charge in [0.2, 0.25) is 0 Å². The van der Waals surface area contributed by atoms with Crippen LogP contribution in [0.5, 0.6) is 0 Å². The topological polar surface area (TPSA) is 29.5 Å². The quantitative estimate of drug-likeness (QED) is 0.161. The zero-order chi connectivity index (χ0) is 32.0. The molecule has 45 heavy (non-hydrogen) atoms. The van der Waals surface area contributed by atoms with Crippen LogP contribution in [0.4, 0.5) is 0 Å². The zero-order valence-electron chi connectivity index (χ0n) is 27.3. The minimum absolute atomic E-state index is 0.195. The number of hydrogen-bond donors (Lipinski definition) is 1. The summed E-state index contributed by atoms with van der Waals surface area (Å²) >= 11 is -4.10. The Morgan fingerprint density at radius 1 is 0.622 bits per heavy atom. The van der Waals surface area contributed by atoms with Gasteiger partial charge in [-0.1, -0.05) is 0 Å². The number of benzene rings is 5. The third kappa shape index (κ3) is 6.16. The van der Waals surface area contributed by atoms with Crippen LogP contribution in [0.1, 0.15) is 41.0 Å². The summed E-state index contributed by atoms with van der Waals surface area (Å²) in [6, 6.07) is 54.2. The van der Waals surface area contributed by atoms with Crippen LogP contribution >= 0.6 is 0 Å². The van der Waals surface area contributed by atoms with E-state index in [-0.39, 0.29) is 11.6 Å². The number of hydrogen-bond acceptors (Lipinski definition) is 2. The molecule has 5 aromatic carbocycles. The predicted octanol–water partition coefficient (Wildman–Crippen LogP) is 6.36. The standard InChI is InChI=1S/C23H31O2Si.3C6H5.Sn/c1-6-18-23(24,7-2)19-25-26(22(3,4)5,20-14-10-8-11-15-20)21-16-12-9-13-17-21;3*1-2-4-6-5-3-1;/h6,8-17,24H,7,19H2,1-5H3;3*1-5H;/t23-;;;;/m1..../s1. The van der Waals surface area contributed by atoms with Crippen molar-refractivity contribution in [2.24, 2.45) is 0 Å². The Morgan fingerprint density at radius 2 is 0.956 bits per heavy atom. The first kappa shape index (κ1) is 33.1. The maximum atomic E-state index is 13.2. The second-order valence-corrected chi connectivity index (χ2v) is 28.0. The Hall–Kier alpha value is -3.22. The van der Waals surface area contributed by atoms with E-state index in [0.29, 0.717) is 6.42 Å². The molecule has 0 fully saturated rings. The van der Waals surface area contributed by atoms with Gasteiger partial charge < -0.3 is 0 Å². The monoisotopic (exact) mass is 718 g/mol. The van der Waals surface area contributed by atoms with Crippen LogP contribution in [0.2, 0.25) is 5.04 Å². The molecule has 0 heterocycles. The van der Waals surface area contributed by atoms with Gasteiger partial charge in [0.25, 0.3) is 0 Å². The van der Waals surface area contributed by atoms with E-state index in [4.69, 9.17) is 4.43 Å². The van der Waals surface area contributed by atoms with Crippen molar-refractivity contribution in [2.45, 2.75) is 51.7 Å². The van der Waals surface area contributed by atoms with E-state index in [1.165, 1.54) is 21.1 Å². The first-order chi connectivity index (χ1) is 21.7. The summed E-state index contributed by atoms with van der Waals surface area (Å²) < 4.78 is 12.6. The van der Waals surface area contributed by atoms with Gasteiger partial charge in [-0.15, -0.1) is 0 Å². The number of allylic oxidation sites excluding steroid dienone is 1. The Balaban J connectivity index is 1.75. The van der Waals surface area contributed by atoms with Gasteiger partial charge >= 0.3 is 277 Å². The summed E-state index contributed by atoms with van der Waals surface area (Å²) in [6.07, 6.45) is 2.76. The van der Waals surface area contributed by atoms with E-state index >= 15 is 0 Å². The minimum atomic E-state index is -4.10. The van der Waals surface area contributed by atoms with Gasteiger partial charge in [0.1, 0.15) is 0 Å². The molecule has 0 aliphatic heterocycles. The van der Waals surface area contributed by atoms with Crippen LogP contribution in [0.3, 0.4) is 0 Å². The van der Waals surface area contributed by atoms with Crippen molar-refractivity contribution in [1.29, 1.82) is 0 Å². The summed E-state index contributed by atoms with van der Waals surface area (Å²) in [4.78, 5) is 0. The summed E-state index contributed by atoms with van der Waals surface area (Å²) in [7, 11) is -2.89. The van der Waals surface area contributed by atoms with Crippen LogP contribution in [-0.2, 0) is 4.43 Å². The molecule has 5 rings (SSSR count). The molecule has 0 bridgehead atoms. The van der Waals surface area contributed by atoms with Crippen LogP contribution < -0.4 is 21.1 Å². The maximum absolute atomic E-state index is 13.2. The average molecular weight is 718 g/mol. The molecule has 0 aliphatic rings. The van der Waals surface area contributed by atoms with E-state index in [2.05, 4.69) is 192 Å². The van der Waals surface area contributed by atoms with Crippen molar-refractivity contribution in [3.05, 3.63) is 161 Å². The first-order valence-electron chi connectivity index (χ1n) is 16.1. The SMILES string of the molecule is C/C=[C](\[C@](O)(CC)CO[Si](c1ccccc1)(c1ccccc1)C(C)(C)C)[Sn]([c]1ccccc1)([c]1ccccc1)[c]1ccccc1. The fraction of sp³-hybridized carbons (Fsp3) is 0.220. The van der Waals surface area contributed by atoms with E-state index in [0.717, 1.165) is 3.59 Å². The van der Waals surface area contributed by atoms with Crippen molar-refractivity contribution in [1.82, 2.24) is 0 Å². The second-order valence-electron chi connectivity index (χ2n) is 12.9. The molecule has 4 heteroatoms. The zero-order valence-corrected chi connectivity index (χ0v) is 31.1. The molecule has 0 aliphatic carbocycles. The Kier molecular flexibility index (Phi) is 10.3. The van der Waals surface area contributed by atoms with Crippen LogP contribution in [-0.4, -0.2) is 44.0 Å². The molecule has 230 valence electrons. The molecule has 1 N–H and O–H groups in total. The molecule has 0 saturated heterocycles. The average Bonchev–Trinajstić information content (AvgIpc) is 3.09. The van der Waals surface area contributed by atoms with Crippen LogP contribution in [0.25, 0.3) is 0 Å². The molecule has 0 unspecified atom stereocenters. The van der Waals surface area contributed by atoms with Gasteiger partial charge in [0, 0.05) is 0 Å². The van der Waals surface area contributed by atoms with Gasteiger partial charge in [0.15, 0.2) is 0 Å². The van der Waals surface area contributed by atoms with E-state index < -0.39 is 32.3 Å². The molecule has 0 spiro atoms. The fourth-order valence-corrected chi connectivity index (χ4v) is 27.2. The van der Waals surface area contributed by atoms with E-state index in [9.17, 15) is 5.11 Å². The molecule has 0 amide bonds.